The Morgan fingerprint density at radius 1 is 1.19 bits per heavy atom. The van der Waals surface area contributed by atoms with E-state index in [0.717, 1.165) is 17.0 Å². The molecule has 43 heavy (non-hydrogen) atoms. The molecule has 12 heteroatoms. The number of pyridine rings is 1. The van der Waals surface area contributed by atoms with Gasteiger partial charge in [0, 0.05) is 50.0 Å². The number of ether oxygens (including phenoxy) is 3. The van der Waals surface area contributed by atoms with Gasteiger partial charge in [0.15, 0.2) is 6.29 Å². The number of nitrogens with zero attached hydrogens (tertiary/aromatic N) is 4. The van der Waals surface area contributed by atoms with Crippen LogP contribution in [0.4, 0.5) is 10.3 Å². The van der Waals surface area contributed by atoms with Gasteiger partial charge in [-0.25, -0.2) is 31.9 Å². The molecule has 1 saturated heterocycles. The Morgan fingerprint density at radius 2 is 1.93 bits per heavy atom. The summed E-state index contributed by atoms with van der Waals surface area (Å²) < 4.78 is 57.4. The van der Waals surface area contributed by atoms with Crippen molar-refractivity contribution in [3.63, 3.8) is 0 Å². The van der Waals surface area contributed by atoms with Crippen molar-refractivity contribution in [3.8, 4) is 11.3 Å². The molecule has 1 unspecified atom stereocenters. The van der Waals surface area contributed by atoms with Crippen LogP contribution >= 0.6 is 0 Å². The standard InChI is InChI=1S/C31H37FN4O6S/c1-6-16-40-27-18-25(42-30(37)22-8-7-15-33-19-22)17-24(41-27)13-14-26-28(20(2)3)34-31(36(4)43(5,38)39)35-29(26)21-9-11-23(32)12-10-21/h7-15,19-20,24-25,27H,6,16-18H2,1-5H3/t24-,25-,27?/m1/s1. The van der Waals surface area contributed by atoms with Crippen LogP contribution in [0.1, 0.15) is 67.6 Å². The van der Waals surface area contributed by atoms with Gasteiger partial charge in [0.25, 0.3) is 0 Å². The van der Waals surface area contributed by atoms with Crippen molar-refractivity contribution in [2.24, 2.45) is 0 Å². The molecule has 2 aromatic heterocycles. The maximum atomic E-state index is 13.8. The first-order chi connectivity index (χ1) is 20.5. The van der Waals surface area contributed by atoms with Crippen LogP contribution in [0.2, 0.25) is 0 Å². The number of rotatable bonds is 11. The summed E-state index contributed by atoms with van der Waals surface area (Å²) in [6.45, 7) is 6.37. The first kappa shape index (κ1) is 32.2. The van der Waals surface area contributed by atoms with E-state index in [9.17, 15) is 17.6 Å². The molecule has 4 rings (SSSR count). The predicted molar refractivity (Wildman–Crippen MR) is 161 cm³/mol. The minimum Gasteiger partial charge on any atom is -0.458 e. The molecule has 0 spiro atoms. The highest BCUT2D eigenvalue weighted by molar-refractivity contribution is 7.92. The van der Waals surface area contributed by atoms with Gasteiger partial charge in [0.2, 0.25) is 16.0 Å². The van der Waals surface area contributed by atoms with Crippen molar-refractivity contribution < 1.29 is 31.8 Å². The number of carbonyl (C=O) groups is 1. The molecule has 230 valence electrons. The number of carbonyl (C=O) groups excluding carboxylic acids is 1. The van der Waals surface area contributed by atoms with E-state index in [0.29, 0.717) is 47.5 Å². The highest BCUT2D eigenvalue weighted by atomic mass is 32.2. The number of halogens is 1. The van der Waals surface area contributed by atoms with E-state index in [1.165, 1.54) is 25.4 Å². The van der Waals surface area contributed by atoms with Crippen LogP contribution in [0.25, 0.3) is 17.3 Å². The Labute approximate surface area is 252 Å². The van der Waals surface area contributed by atoms with Gasteiger partial charge in [-0.1, -0.05) is 32.9 Å². The van der Waals surface area contributed by atoms with Gasteiger partial charge in [-0.2, -0.15) is 0 Å². The summed E-state index contributed by atoms with van der Waals surface area (Å²) in [6, 6.07) is 9.13. The molecule has 3 heterocycles. The first-order valence-electron chi connectivity index (χ1n) is 14.1. The smallest absolute Gasteiger partial charge is 0.339 e. The summed E-state index contributed by atoms with van der Waals surface area (Å²) in [5.41, 5.74) is 2.62. The highest BCUT2D eigenvalue weighted by Crippen LogP contribution is 2.33. The molecule has 1 aromatic carbocycles. The Balaban J connectivity index is 1.71. The van der Waals surface area contributed by atoms with Crippen LogP contribution in [0, 0.1) is 5.82 Å². The number of hydrogen-bond donors (Lipinski definition) is 0. The number of esters is 1. The summed E-state index contributed by atoms with van der Waals surface area (Å²) >= 11 is 0. The molecule has 0 radical (unpaired) electrons. The third-order valence-electron chi connectivity index (χ3n) is 6.84. The maximum absolute atomic E-state index is 13.8. The maximum Gasteiger partial charge on any atom is 0.339 e. The van der Waals surface area contributed by atoms with E-state index in [4.69, 9.17) is 14.2 Å². The Hall–Kier alpha value is -3.74. The Morgan fingerprint density at radius 3 is 2.56 bits per heavy atom. The number of anilines is 1. The molecular weight excluding hydrogens is 575 g/mol. The Bertz CT molecular complexity index is 1530. The lowest BCUT2D eigenvalue weighted by atomic mass is 9.96. The van der Waals surface area contributed by atoms with Gasteiger partial charge < -0.3 is 14.2 Å². The van der Waals surface area contributed by atoms with Gasteiger partial charge in [0.05, 0.1) is 29.3 Å². The molecular formula is C31H37FN4O6S. The normalized spacial score (nSPS) is 19.1. The van der Waals surface area contributed by atoms with Crippen molar-refractivity contribution >= 4 is 28.0 Å². The highest BCUT2D eigenvalue weighted by Gasteiger charge is 2.32. The van der Waals surface area contributed by atoms with E-state index >= 15 is 0 Å². The predicted octanol–water partition coefficient (Wildman–Crippen LogP) is 5.37. The minimum absolute atomic E-state index is 0.00648. The second-order valence-corrected chi connectivity index (χ2v) is 12.7. The first-order valence-corrected chi connectivity index (χ1v) is 16.0. The molecule has 3 atom stereocenters. The number of aromatic nitrogens is 3. The summed E-state index contributed by atoms with van der Waals surface area (Å²) in [4.78, 5) is 26.0. The Kier molecular flexibility index (Phi) is 10.6. The lowest BCUT2D eigenvalue weighted by Gasteiger charge is -2.33. The van der Waals surface area contributed by atoms with Gasteiger partial charge in [-0.3, -0.25) is 4.98 Å². The molecule has 1 fully saturated rings. The second-order valence-electron chi connectivity index (χ2n) is 10.6. The number of hydrogen-bond acceptors (Lipinski definition) is 9. The van der Waals surface area contributed by atoms with E-state index in [1.54, 1.807) is 30.5 Å². The summed E-state index contributed by atoms with van der Waals surface area (Å²) in [5.74, 6) is -0.994. The second kappa shape index (κ2) is 14.2. The van der Waals surface area contributed by atoms with Crippen molar-refractivity contribution in [2.45, 2.75) is 64.4 Å². The van der Waals surface area contributed by atoms with Crippen LogP contribution in [-0.4, -0.2) is 67.7 Å². The van der Waals surface area contributed by atoms with Crippen molar-refractivity contribution in [1.82, 2.24) is 15.0 Å². The largest absolute Gasteiger partial charge is 0.458 e. The van der Waals surface area contributed by atoms with E-state index in [1.807, 2.05) is 32.9 Å². The average molecular weight is 613 g/mol. The van der Waals surface area contributed by atoms with Gasteiger partial charge >= 0.3 is 5.97 Å². The number of sulfonamides is 1. The van der Waals surface area contributed by atoms with Crippen LogP contribution in [-0.2, 0) is 24.2 Å². The monoisotopic (exact) mass is 612 g/mol. The van der Waals surface area contributed by atoms with Crippen molar-refractivity contribution in [2.75, 3.05) is 24.2 Å². The van der Waals surface area contributed by atoms with Gasteiger partial charge in [-0.05, 0) is 48.7 Å². The van der Waals surface area contributed by atoms with Crippen molar-refractivity contribution in [3.05, 3.63) is 77.5 Å². The fourth-order valence-corrected chi connectivity index (χ4v) is 4.93. The van der Waals surface area contributed by atoms with E-state index in [-0.39, 0.29) is 11.9 Å². The zero-order valence-corrected chi connectivity index (χ0v) is 25.8. The van der Waals surface area contributed by atoms with Crippen LogP contribution in [0.15, 0.2) is 54.9 Å². The van der Waals surface area contributed by atoms with Crippen LogP contribution in [0.5, 0.6) is 0 Å². The van der Waals surface area contributed by atoms with Crippen LogP contribution < -0.4 is 4.31 Å². The minimum atomic E-state index is -3.65. The molecule has 3 aromatic rings. The molecule has 1 aliphatic rings. The molecule has 0 aliphatic carbocycles. The quantitative estimate of drug-likeness (QED) is 0.263. The lowest BCUT2D eigenvalue weighted by molar-refractivity contribution is -0.203. The van der Waals surface area contributed by atoms with Gasteiger partial charge in [0.1, 0.15) is 11.9 Å². The summed E-state index contributed by atoms with van der Waals surface area (Å²) in [6.07, 6.45) is 7.80. The van der Waals surface area contributed by atoms with Crippen LogP contribution in [0.3, 0.4) is 0 Å². The molecule has 0 N–H and O–H groups in total. The van der Waals surface area contributed by atoms with Crippen molar-refractivity contribution in [1.29, 1.82) is 0 Å². The van der Waals surface area contributed by atoms with E-state index < -0.39 is 40.3 Å². The zero-order valence-electron chi connectivity index (χ0n) is 24.9. The molecule has 0 amide bonds. The summed E-state index contributed by atoms with van der Waals surface area (Å²) in [7, 11) is -2.26. The van der Waals surface area contributed by atoms with E-state index in [2.05, 4.69) is 15.0 Å². The molecule has 1 aliphatic heterocycles. The fraction of sp³-hybridized carbons (Fsp3) is 0.419. The average Bonchev–Trinajstić information content (AvgIpc) is 2.98. The molecule has 0 bridgehead atoms. The van der Waals surface area contributed by atoms with Gasteiger partial charge in [-0.15, -0.1) is 0 Å². The molecule has 10 nitrogen and oxygen atoms in total. The zero-order chi connectivity index (χ0) is 31.1. The topological polar surface area (TPSA) is 121 Å². The number of benzene rings is 1. The molecule has 0 saturated carbocycles. The summed E-state index contributed by atoms with van der Waals surface area (Å²) in [5, 5.41) is 0. The lowest BCUT2D eigenvalue weighted by Crippen LogP contribution is -2.38. The third-order valence-corrected chi connectivity index (χ3v) is 8.00. The third kappa shape index (κ3) is 8.43. The fourth-order valence-electron chi connectivity index (χ4n) is 4.56. The SMILES string of the molecule is CCCOC1C[C@H](OC(=O)c2cccnc2)C[C@@H](C=Cc2c(-c3ccc(F)cc3)nc(N(C)S(C)(=O)=O)nc2C(C)C)O1.